The summed E-state index contributed by atoms with van der Waals surface area (Å²) in [5.74, 6) is -0.427. The van der Waals surface area contributed by atoms with Crippen LogP contribution in [-0.2, 0) is 0 Å². The second-order valence-electron chi connectivity index (χ2n) is 3.61. The van der Waals surface area contributed by atoms with E-state index >= 15 is 0 Å². The first-order valence-electron chi connectivity index (χ1n) is 5.06. The van der Waals surface area contributed by atoms with Crippen molar-refractivity contribution in [3.05, 3.63) is 54.3 Å². The minimum Gasteiger partial charge on any atom is -0.351 e. The van der Waals surface area contributed by atoms with Gasteiger partial charge in [-0.1, -0.05) is 15.9 Å². The molecule has 0 fully saturated rings. The van der Waals surface area contributed by atoms with Gasteiger partial charge in [0.25, 0.3) is 11.6 Å². The first-order valence-corrected chi connectivity index (χ1v) is 6.94. The highest BCUT2D eigenvalue weighted by atomic mass is 127. The first kappa shape index (κ1) is 14.0. The summed E-state index contributed by atoms with van der Waals surface area (Å²) in [6.07, 6.45) is 1.18. The van der Waals surface area contributed by atoms with Gasteiger partial charge in [0.1, 0.15) is 5.69 Å². The van der Waals surface area contributed by atoms with Crippen molar-refractivity contribution in [1.82, 2.24) is 4.98 Å². The molecule has 0 spiro atoms. The summed E-state index contributed by atoms with van der Waals surface area (Å²) >= 11 is 5.41. The fourth-order valence-electron chi connectivity index (χ4n) is 1.40. The molecule has 1 amide bonds. The lowest BCUT2D eigenvalue weighted by Crippen LogP contribution is -2.13. The maximum absolute atomic E-state index is 11.9. The number of carbonyl (C=O) groups is 1. The van der Waals surface area contributed by atoms with E-state index in [-0.39, 0.29) is 11.4 Å². The zero-order chi connectivity index (χ0) is 14.0. The number of halogens is 2. The molecule has 98 valence electrons. The second kappa shape index (κ2) is 5.70. The van der Waals surface area contributed by atoms with Crippen LogP contribution >= 0.6 is 38.5 Å². The van der Waals surface area contributed by atoms with Crippen molar-refractivity contribution in [2.24, 2.45) is 0 Å². The van der Waals surface area contributed by atoms with Gasteiger partial charge >= 0.3 is 0 Å². The van der Waals surface area contributed by atoms with Gasteiger partial charge in [-0.25, -0.2) is 0 Å². The lowest BCUT2D eigenvalue weighted by Gasteiger charge is -2.06. The maximum Gasteiger partial charge on any atom is 0.287 e. The number of nitrogens with zero attached hydrogens (tertiary/aromatic N) is 1. The SMILES string of the molecule is O=C(Nc1cc(Br)ccc1I)c1cc([N+](=O)[O-])c[nH]1. The van der Waals surface area contributed by atoms with E-state index in [9.17, 15) is 14.9 Å². The lowest BCUT2D eigenvalue weighted by atomic mass is 10.3. The van der Waals surface area contributed by atoms with Crippen LogP contribution in [0.1, 0.15) is 10.5 Å². The molecule has 0 radical (unpaired) electrons. The summed E-state index contributed by atoms with van der Waals surface area (Å²) in [5, 5.41) is 13.2. The molecule has 0 unspecified atom stereocenters. The lowest BCUT2D eigenvalue weighted by molar-refractivity contribution is -0.384. The maximum atomic E-state index is 11.9. The highest BCUT2D eigenvalue weighted by Crippen LogP contribution is 2.23. The molecule has 0 saturated heterocycles. The zero-order valence-electron chi connectivity index (χ0n) is 9.31. The average Bonchev–Trinajstić information content (AvgIpc) is 2.83. The number of hydrogen-bond donors (Lipinski definition) is 2. The predicted octanol–water partition coefficient (Wildman–Crippen LogP) is 3.54. The fourth-order valence-corrected chi connectivity index (χ4v) is 2.23. The molecule has 1 aromatic heterocycles. The van der Waals surface area contributed by atoms with Gasteiger partial charge in [0.2, 0.25) is 0 Å². The Balaban J connectivity index is 2.20. The Labute approximate surface area is 130 Å². The Hall–Kier alpha value is -1.42. The number of benzene rings is 1. The molecule has 0 aliphatic heterocycles. The molecule has 0 aliphatic carbocycles. The van der Waals surface area contributed by atoms with E-state index in [4.69, 9.17) is 0 Å². The summed E-state index contributed by atoms with van der Waals surface area (Å²) < 4.78 is 1.70. The quantitative estimate of drug-likeness (QED) is 0.439. The summed E-state index contributed by atoms with van der Waals surface area (Å²) in [7, 11) is 0. The van der Waals surface area contributed by atoms with Crippen LogP contribution in [0.4, 0.5) is 11.4 Å². The molecule has 8 heteroatoms. The van der Waals surface area contributed by atoms with E-state index in [1.54, 1.807) is 6.07 Å². The third-order valence-corrected chi connectivity index (χ3v) is 3.73. The van der Waals surface area contributed by atoms with Crippen molar-refractivity contribution in [3.63, 3.8) is 0 Å². The normalized spacial score (nSPS) is 10.2. The number of carbonyl (C=O) groups excluding carboxylic acids is 1. The van der Waals surface area contributed by atoms with E-state index in [2.05, 4.69) is 48.8 Å². The van der Waals surface area contributed by atoms with Crippen LogP contribution in [0.25, 0.3) is 0 Å². The van der Waals surface area contributed by atoms with Crippen molar-refractivity contribution < 1.29 is 9.72 Å². The number of nitrogens with one attached hydrogen (secondary N) is 2. The Kier molecular flexibility index (Phi) is 4.20. The molecule has 19 heavy (non-hydrogen) atoms. The fraction of sp³-hybridized carbons (Fsp3) is 0. The van der Waals surface area contributed by atoms with E-state index in [1.807, 2.05) is 12.1 Å². The smallest absolute Gasteiger partial charge is 0.287 e. The molecule has 6 nitrogen and oxygen atoms in total. The van der Waals surface area contributed by atoms with Crippen LogP contribution in [0.2, 0.25) is 0 Å². The Morgan fingerprint density at radius 3 is 2.79 bits per heavy atom. The van der Waals surface area contributed by atoms with Crippen LogP contribution in [0.3, 0.4) is 0 Å². The third-order valence-electron chi connectivity index (χ3n) is 2.30. The van der Waals surface area contributed by atoms with Crippen LogP contribution in [0.15, 0.2) is 34.9 Å². The zero-order valence-corrected chi connectivity index (χ0v) is 13.1. The van der Waals surface area contributed by atoms with Gasteiger partial charge < -0.3 is 10.3 Å². The highest BCUT2D eigenvalue weighted by Gasteiger charge is 2.15. The van der Waals surface area contributed by atoms with Gasteiger partial charge in [-0.2, -0.15) is 0 Å². The molecule has 2 rings (SSSR count). The van der Waals surface area contributed by atoms with Gasteiger partial charge in [-0.15, -0.1) is 0 Å². The predicted molar refractivity (Wildman–Crippen MR) is 82.3 cm³/mol. The number of hydrogen-bond acceptors (Lipinski definition) is 3. The molecule has 2 N–H and O–H groups in total. The third kappa shape index (κ3) is 3.32. The molecular weight excluding hydrogens is 429 g/mol. The van der Waals surface area contributed by atoms with E-state index in [1.165, 1.54) is 12.3 Å². The topological polar surface area (TPSA) is 88.0 Å². The first-order chi connectivity index (χ1) is 8.97. The molecule has 2 aromatic rings. The minimum atomic E-state index is -0.559. The van der Waals surface area contributed by atoms with Crippen molar-refractivity contribution in [1.29, 1.82) is 0 Å². The monoisotopic (exact) mass is 435 g/mol. The molecule has 0 bridgehead atoms. The molecule has 1 aromatic carbocycles. The van der Waals surface area contributed by atoms with Gasteiger partial charge in [0, 0.05) is 14.1 Å². The van der Waals surface area contributed by atoms with Gasteiger partial charge in [-0.05, 0) is 40.8 Å². The molecule has 0 saturated carbocycles. The van der Waals surface area contributed by atoms with Gasteiger partial charge in [0.05, 0.1) is 16.8 Å². The van der Waals surface area contributed by atoms with Crippen LogP contribution in [0.5, 0.6) is 0 Å². The molecule has 0 atom stereocenters. The average molecular weight is 436 g/mol. The van der Waals surface area contributed by atoms with Crippen molar-refractivity contribution >= 4 is 55.8 Å². The van der Waals surface area contributed by atoms with E-state index < -0.39 is 10.8 Å². The Morgan fingerprint density at radius 1 is 1.42 bits per heavy atom. The molecule has 0 aliphatic rings. The minimum absolute atomic E-state index is 0.141. The van der Waals surface area contributed by atoms with Crippen molar-refractivity contribution in [2.45, 2.75) is 0 Å². The molecular formula is C11H7BrIN3O3. The summed E-state index contributed by atoms with van der Waals surface area (Å²) in [6, 6.07) is 6.66. The van der Waals surface area contributed by atoms with Crippen LogP contribution < -0.4 is 5.32 Å². The number of rotatable bonds is 3. The Morgan fingerprint density at radius 2 is 2.16 bits per heavy atom. The van der Waals surface area contributed by atoms with Gasteiger partial charge in [0.15, 0.2) is 0 Å². The van der Waals surface area contributed by atoms with Crippen molar-refractivity contribution in [3.8, 4) is 0 Å². The highest BCUT2D eigenvalue weighted by molar-refractivity contribution is 14.1. The molecule has 1 heterocycles. The van der Waals surface area contributed by atoms with E-state index in [0.717, 1.165) is 8.04 Å². The number of anilines is 1. The van der Waals surface area contributed by atoms with E-state index in [0.29, 0.717) is 5.69 Å². The Bertz CT molecular complexity index is 656. The summed E-state index contributed by atoms with van der Waals surface area (Å²) in [4.78, 5) is 24.5. The number of H-pyrrole nitrogens is 1. The number of nitro groups is 1. The summed E-state index contributed by atoms with van der Waals surface area (Å²) in [6.45, 7) is 0. The van der Waals surface area contributed by atoms with Crippen LogP contribution in [0, 0.1) is 13.7 Å². The second-order valence-corrected chi connectivity index (χ2v) is 5.68. The van der Waals surface area contributed by atoms with Crippen molar-refractivity contribution in [2.75, 3.05) is 5.32 Å². The largest absolute Gasteiger partial charge is 0.351 e. The van der Waals surface area contributed by atoms with Gasteiger partial charge in [-0.3, -0.25) is 14.9 Å². The van der Waals surface area contributed by atoms with Crippen LogP contribution in [-0.4, -0.2) is 15.8 Å². The summed E-state index contributed by atoms with van der Waals surface area (Å²) in [5.41, 5.74) is 0.633. The number of amides is 1. The number of aromatic amines is 1. The standard InChI is InChI=1S/C11H7BrIN3O3/c12-6-1-2-8(13)9(3-6)15-11(17)10-4-7(5-14-10)16(18)19/h1-5,14H,(H,15,17). The number of aromatic nitrogens is 1.